The van der Waals surface area contributed by atoms with Gasteiger partial charge in [-0.3, -0.25) is 0 Å². The third-order valence-electron chi connectivity index (χ3n) is 4.22. The van der Waals surface area contributed by atoms with Gasteiger partial charge >= 0.3 is 0 Å². The molecule has 0 saturated heterocycles. The summed E-state index contributed by atoms with van der Waals surface area (Å²) < 4.78 is 0. The van der Waals surface area contributed by atoms with Crippen molar-refractivity contribution in [2.24, 2.45) is 17.3 Å². The smallest absolute Gasteiger partial charge is 0.0266 e. The molecule has 50 valence electrons. The van der Waals surface area contributed by atoms with E-state index in [1.165, 1.54) is 11.8 Å². The molecule has 9 heavy (non-hydrogen) atoms. The summed E-state index contributed by atoms with van der Waals surface area (Å²) in [6, 6.07) is 0. The molecular weight excluding hydrogens is 108 g/mol. The van der Waals surface area contributed by atoms with Crippen LogP contribution < -0.4 is 0 Å². The van der Waals surface area contributed by atoms with Crippen LogP contribution in [0, 0.1) is 17.3 Å². The van der Waals surface area contributed by atoms with Gasteiger partial charge in [-0.1, -0.05) is 0 Å². The van der Waals surface area contributed by atoms with Gasteiger partial charge in [-0.25, -0.2) is 0 Å². The van der Waals surface area contributed by atoms with Crippen LogP contribution >= 0.6 is 0 Å². The molecule has 3 rings (SSSR count). The lowest BCUT2D eigenvalue weighted by Gasteiger charge is -2.45. The lowest BCUT2D eigenvalue weighted by molar-refractivity contribution is 0.0561. The lowest BCUT2D eigenvalue weighted by Crippen LogP contribution is -2.34. The van der Waals surface area contributed by atoms with Gasteiger partial charge in [-0.05, 0) is 55.8 Å². The van der Waals surface area contributed by atoms with Crippen LogP contribution in [-0.2, 0) is 0 Å². The van der Waals surface area contributed by atoms with E-state index in [1.54, 1.807) is 38.5 Å². The molecule has 0 aliphatic heterocycles. The largest absolute Gasteiger partial charge is 0.0499 e. The van der Waals surface area contributed by atoms with E-state index in [0.29, 0.717) is 0 Å². The highest BCUT2D eigenvalue weighted by Crippen LogP contribution is 2.67. The Bertz CT molecular complexity index is 150. The highest BCUT2D eigenvalue weighted by Gasteiger charge is 2.56. The van der Waals surface area contributed by atoms with E-state index in [0.717, 1.165) is 5.41 Å². The number of hydrogen-bond donors (Lipinski definition) is 0. The third-order valence-corrected chi connectivity index (χ3v) is 4.22. The Balaban J connectivity index is 2.00. The Labute approximate surface area is 56.6 Å². The molecular formula is C9H14. The summed E-state index contributed by atoms with van der Waals surface area (Å²) in [5.41, 5.74) is 0.949. The summed E-state index contributed by atoms with van der Waals surface area (Å²) >= 11 is 0. The van der Waals surface area contributed by atoms with Crippen molar-refractivity contribution in [3.05, 3.63) is 0 Å². The van der Waals surface area contributed by atoms with Gasteiger partial charge in [0.1, 0.15) is 0 Å². The maximum atomic E-state index is 1.62. The van der Waals surface area contributed by atoms with Crippen molar-refractivity contribution < 1.29 is 0 Å². The van der Waals surface area contributed by atoms with Gasteiger partial charge in [0.15, 0.2) is 0 Å². The second-order valence-electron chi connectivity index (χ2n) is 4.44. The van der Waals surface area contributed by atoms with Crippen molar-refractivity contribution in [3.8, 4) is 0 Å². The highest BCUT2D eigenvalue weighted by molar-refractivity contribution is 5.07. The Morgan fingerprint density at radius 2 is 2.00 bits per heavy atom. The van der Waals surface area contributed by atoms with Crippen LogP contribution in [0.15, 0.2) is 0 Å². The van der Waals surface area contributed by atoms with Gasteiger partial charge in [0, 0.05) is 0 Å². The molecule has 0 N–H and O–H groups in total. The van der Waals surface area contributed by atoms with Gasteiger partial charge in [0.2, 0.25) is 0 Å². The number of hydrogen-bond acceptors (Lipinski definition) is 0. The van der Waals surface area contributed by atoms with Gasteiger partial charge in [-0.15, -0.1) is 0 Å². The van der Waals surface area contributed by atoms with E-state index in [4.69, 9.17) is 0 Å². The average molecular weight is 122 g/mol. The van der Waals surface area contributed by atoms with E-state index in [-0.39, 0.29) is 0 Å². The summed E-state index contributed by atoms with van der Waals surface area (Å²) in [5, 5.41) is 0. The van der Waals surface area contributed by atoms with Crippen LogP contribution in [0.2, 0.25) is 0 Å². The topological polar surface area (TPSA) is 0 Å². The molecule has 3 aliphatic carbocycles. The van der Waals surface area contributed by atoms with Crippen LogP contribution in [0.25, 0.3) is 0 Å². The van der Waals surface area contributed by atoms with Crippen LogP contribution in [0.4, 0.5) is 0 Å². The summed E-state index contributed by atoms with van der Waals surface area (Å²) in [6.07, 6.45) is 9.58. The predicted molar refractivity (Wildman–Crippen MR) is 37.1 cm³/mol. The van der Waals surface area contributed by atoms with Gasteiger partial charge in [0.25, 0.3) is 0 Å². The zero-order valence-corrected chi connectivity index (χ0v) is 5.90. The number of fused-ring (bicyclic) bond motifs is 1. The standard InChI is InChI=1S/C9H14/c1-3-9-4-2-8(9)5-7(1)6-9/h7-8H,1-6H2. The molecule has 1 spiro atoms. The second-order valence-corrected chi connectivity index (χ2v) is 4.44. The normalized spacial score (nSPS) is 61.3. The van der Waals surface area contributed by atoms with Crippen LogP contribution in [-0.4, -0.2) is 0 Å². The van der Waals surface area contributed by atoms with Crippen molar-refractivity contribution >= 4 is 0 Å². The molecule has 3 atom stereocenters. The van der Waals surface area contributed by atoms with Gasteiger partial charge < -0.3 is 0 Å². The average Bonchev–Trinajstić information content (AvgIpc) is 2.32. The van der Waals surface area contributed by atoms with Crippen molar-refractivity contribution in [1.82, 2.24) is 0 Å². The summed E-state index contributed by atoms with van der Waals surface area (Å²) in [4.78, 5) is 0. The minimum atomic E-state index is 0.949. The van der Waals surface area contributed by atoms with Crippen molar-refractivity contribution in [3.63, 3.8) is 0 Å². The Kier molecular flexibility index (Phi) is 0.640. The van der Waals surface area contributed by atoms with Crippen molar-refractivity contribution in [2.45, 2.75) is 38.5 Å². The fourth-order valence-electron chi connectivity index (χ4n) is 3.60. The van der Waals surface area contributed by atoms with E-state index in [9.17, 15) is 0 Å². The second kappa shape index (κ2) is 1.21. The SMILES string of the molecule is C1CC23CCC2CC1C3. The number of rotatable bonds is 0. The molecule has 0 aromatic carbocycles. The highest BCUT2D eigenvalue weighted by atomic mass is 14.6. The first-order chi connectivity index (χ1) is 4.39. The molecule has 0 radical (unpaired) electrons. The molecule has 0 nitrogen and oxygen atoms in total. The maximum absolute atomic E-state index is 1.62. The monoisotopic (exact) mass is 122 g/mol. The minimum Gasteiger partial charge on any atom is -0.0499 e. The van der Waals surface area contributed by atoms with Gasteiger partial charge in [-0.2, -0.15) is 0 Å². The molecule has 2 bridgehead atoms. The molecule has 3 saturated carbocycles. The first kappa shape index (κ1) is 4.76. The minimum absolute atomic E-state index is 0.949. The Morgan fingerprint density at radius 1 is 1.11 bits per heavy atom. The zero-order chi connectivity index (χ0) is 5.90. The molecule has 0 aromatic rings. The van der Waals surface area contributed by atoms with Crippen molar-refractivity contribution in [1.29, 1.82) is 0 Å². The van der Waals surface area contributed by atoms with Crippen molar-refractivity contribution in [2.75, 3.05) is 0 Å². The molecule has 3 unspecified atom stereocenters. The van der Waals surface area contributed by atoms with Gasteiger partial charge in [0.05, 0.1) is 0 Å². The fourth-order valence-corrected chi connectivity index (χ4v) is 3.60. The lowest BCUT2D eigenvalue weighted by atomic mass is 9.60. The van der Waals surface area contributed by atoms with E-state index in [2.05, 4.69) is 0 Å². The summed E-state index contributed by atoms with van der Waals surface area (Å²) in [6.45, 7) is 0. The third kappa shape index (κ3) is 0.395. The van der Waals surface area contributed by atoms with Crippen LogP contribution in [0.3, 0.4) is 0 Å². The van der Waals surface area contributed by atoms with E-state index < -0.39 is 0 Å². The van der Waals surface area contributed by atoms with E-state index >= 15 is 0 Å². The molecule has 0 heteroatoms. The quantitative estimate of drug-likeness (QED) is 0.463. The summed E-state index contributed by atoms with van der Waals surface area (Å²) in [5.74, 6) is 2.38. The molecule has 3 aliphatic rings. The molecule has 0 heterocycles. The fraction of sp³-hybridized carbons (Fsp3) is 1.00. The maximum Gasteiger partial charge on any atom is -0.0266 e. The first-order valence-electron chi connectivity index (χ1n) is 4.39. The molecule has 0 amide bonds. The van der Waals surface area contributed by atoms with E-state index in [1.807, 2.05) is 0 Å². The molecule has 3 fully saturated rings. The Hall–Kier alpha value is 0. The van der Waals surface area contributed by atoms with Crippen LogP contribution in [0.1, 0.15) is 38.5 Å². The first-order valence-corrected chi connectivity index (χ1v) is 4.39. The zero-order valence-electron chi connectivity index (χ0n) is 5.90. The summed E-state index contributed by atoms with van der Waals surface area (Å²) in [7, 11) is 0. The Morgan fingerprint density at radius 3 is 2.33 bits per heavy atom. The van der Waals surface area contributed by atoms with Crippen LogP contribution in [0.5, 0.6) is 0 Å². The predicted octanol–water partition coefficient (Wildman–Crippen LogP) is 2.59. The molecule has 0 aromatic heterocycles.